The molecule has 0 saturated carbocycles. The topological polar surface area (TPSA) is 81.3 Å². The Morgan fingerprint density at radius 1 is 1.03 bits per heavy atom. The number of carbonyl (C=O) groups excluding carboxylic acids is 1. The van der Waals surface area contributed by atoms with Gasteiger partial charge in [0.1, 0.15) is 11.8 Å². The van der Waals surface area contributed by atoms with Crippen molar-refractivity contribution in [2.75, 3.05) is 5.75 Å². The van der Waals surface area contributed by atoms with Gasteiger partial charge in [0, 0.05) is 46.5 Å². The van der Waals surface area contributed by atoms with Gasteiger partial charge in [-0.2, -0.15) is 0 Å². The molecule has 8 heteroatoms. The minimum absolute atomic E-state index is 0.0311. The lowest BCUT2D eigenvalue weighted by Crippen LogP contribution is -2.52. The summed E-state index contributed by atoms with van der Waals surface area (Å²) in [6.07, 6.45) is 1.78. The highest BCUT2D eigenvalue weighted by Crippen LogP contribution is 2.58. The number of hydrogen-bond acceptors (Lipinski definition) is 5. The molecule has 7 nitrogen and oxygen atoms in total. The van der Waals surface area contributed by atoms with E-state index in [9.17, 15) is 9.90 Å². The first-order valence-corrected chi connectivity index (χ1v) is 14.2. The molecule has 6 heterocycles. The van der Waals surface area contributed by atoms with Crippen LogP contribution in [0.2, 0.25) is 0 Å². The summed E-state index contributed by atoms with van der Waals surface area (Å²) in [6, 6.07) is 22.4. The number of nitrogens with zero attached hydrogens (tertiary/aromatic N) is 3. The smallest absolute Gasteiger partial charge is 0.252 e. The van der Waals surface area contributed by atoms with Crippen LogP contribution in [0.1, 0.15) is 35.5 Å². The Morgan fingerprint density at radius 2 is 1.77 bits per heavy atom. The molecule has 3 aliphatic rings. The maximum Gasteiger partial charge on any atom is 0.252 e. The summed E-state index contributed by atoms with van der Waals surface area (Å²) in [6.45, 7) is 2.50. The Bertz CT molecular complexity index is 2050. The van der Waals surface area contributed by atoms with Gasteiger partial charge in [-0.3, -0.25) is 4.79 Å². The molecule has 0 radical (unpaired) electrons. The number of pyridine rings is 1. The van der Waals surface area contributed by atoms with E-state index in [2.05, 4.69) is 43.7 Å². The molecule has 3 unspecified atom stereocenters. The number of benzene rings is 3. The van der Waals surface area contributed by atoms with Crippen LogP contribution < -0.4 is 5.32 Å². The summed E-state index contributed by atoms with van der Waals surface area (Å²) in [7, 11) is 0. The van der Waals surface area contributed by atoms with E-state index in [1.807, 2.05) is 49.4 Å². The Hall–Kier alpha value is -3.85. The van der Waals surface area contributed by atoms with Gasteiger partial charge < -0.3 is 24.3 Å². The van der Waals surface area contributed by atoms with E-state index in [0.717, 1.165) is 59.8 Å². The van der Waals surface area contributed by atoms with Crippen molar-refractivity contribution in [3.63, 3.8) is 0 Å². The zero-order chi connectivity index (χ0) is 26.1. The van der Waals surface area contributed by atoms with Gasteiger partial charge in [-0.25, -0.2) is 4.98 Å². The van der Waals surface area contributed by atoms with E-state index in [0.29, 0.717) is 18.7 Å². The summed E-state index contributed by atoms with van der Waals surface area (Å²) in [5.41, 5.74) is 3.55. The molecular formula is C31H24N4O3S. The van der Waals surface area contributed by atoms with Crippen LogP contribution in [0.3, 0.4) is 0 Å². The molecule has 1 saturated heterocycles. The third kappa shape index (κ3) is 2.53. The molecular weight excluding hydrogens is 508 g/mol. The molecule has 6 aromatic rings. The van der Waals surface area contributed by atoms with Crippen LogP contribution in [0.4, 0.5) is 0 Å². The van der Waals surface area contributed by atoms with Gasteiger partial charge in [0.25, 0.3) is 5.91 Å². The minimum atomic E-state index is -1.20. The first-order valence-electron chi connectivity index (χ1n) is 13.2. The van der Waals surface area contributed by atoms with Crippen LogP contribution in [0.5, 0.6) is 0 Å². The van der Waals surface area contributed by atoms with E-state index in [-0.39, 0.29) is 5.91 Å². The zero-order valence-corrected chi connectivity index (χ0v) is 22.0. The molecule has 1 amide bonds. The second-order valence-electron chi connectivity index (χ2n) is 11.0. The van der Waals surface area contributed by atoms with Crippen molar-refractivity contribution in [1.82, 2.24) is 19.4 Å². The number of carbonyl (C=O) groups is 1. The standard InChI is InChI=1S/C31H24N4O3S/c1-30-31(37,16-39-22-12-6-7-13-32-22)14-23(38-30)34-20-10-4-2-8-17(20)25-26-19(15-33-29(26)36)24-18-9-3-5-11-21(18)35(30)28(24)27(25)34/h2-13,23,37H,14-16H2,1H3,(H,33,36). The van der Waals surface area contributed by atoms with Crippen LogP contribution >= 0.6 is 11.8 Å². The van der Waals surface area contributed by atoms with Crippen molar-refractivity contribution in [2.45, 2.75) is 42.5 Å². The van der Waals surface area contributed by atoms with Gasteiger partial charge >= 0.3 is 0 Å². The van der Waals surface area contributed by atoms with Gasteiger partial charge in [0.2, 0.25) is 0 Å². The Labute approximate surface area is 227 Å². The van der Waals surface area contributed by atoms with Gasteiger partial charge in [-0.1, -0.05) is 42.5 Å². The monoisotopic (exact) mass is 532 g/mol. The largest absolute Gasteiger partial charge is 0.384 e. The molecule has 2 bridgehead atoms. The van der Waals surface area contributed by atoms with Crippen molar-refractivity contribution >= 4 is 61.3 Å². The maximum absolute atomic E-state index is 13.4. The molecule has 192 valence electrons. The number of nitrogens with one attached hydrogen (secondary N) is 1. The normalized spacial score (nSPS) is 25.3. The van der Waals surface area contributed by atoms with E-state index in [1.165, 1.54) is 0 Å². The summed E-state index contributed by atoms with van der Waals surface area (Å²) in [4.78, 5) is 17.8. The van der Waals surface area contributed by atoms with E-state index in [4.69, 9.17) is 4.74 Å². The Morgan fingerprint density at radius 3 is 2.56 bits per heavy atom. The number of fused-ring (bicyclic) bond motifs is 13. The van der Waals surface area contributed by atoms with Crippen molar-refractivity contribution in [3.05, 3.63) is 84.1 Å². The second kappa shape index (κ2) is 7.21. The van der Waals surface area contributed by atoms with Crippen LogP contribution in [0.15, 0.2) is 78.0 Å². The van der Waals surface area contributed by atoms with Crippen LogP contribution in [-0.2, 0) is 17.0 Å². The highest BCUT2D eigenvalue weighted by molar-refractivity contribution is 7.99. The average molecular weight is 533 g/mol. The average Bonchev–Trinajstić information content (AvgIpc) is 3.65. The zero-order valence-electron chi connectivity index (χ0n) is 21.1. The maximum atomic E-state index is 13.4. The predicted molar refractivity (Wildman–Crippen MR) is 152 cm³/mol. The van der Waals surface area contributed by atoms with Crippen molar-refractivity contribution in [2.24, 2.45) is 0 Å². The van der Waals surface area contributed by atoms with Crippen molar-refractivity contribution < 1.29 is 14.6 Å². The van der Waals surface area contributed by atoms with E-state index < -0.39 is 17.6 Å². The lowest BCUT2D eigenvalue weighted by Gasteiger charge is -2.39. The Balaban J connectivity index is 1.45. The van der Waals surface area contributed by atoms with Gasteiger partial charge in [0.15, 0.2) is 5.72 Å². The number of hydrogen-bond donors (Lipinski definition) is 2. The summed E-state index contributed by atoms with van der Waals surface area (Å²) in [5.74, 6) is 0.393. The number of aliphatic hydroxyl groups is 1. The first kappa shape index (κ1) is 22.0. The number of para-hydroxylation sites is 2. The summed E-state index contributed by atoms with van der Waals surface area (Å²) >= 11 is 1.55. The quantitative estimate of drug-likeness (QED) is 0.287. The Kier molecular flexibility index (Phi) is 4.07. The fraction of sp³-hybridized carbons (Fsp3) is 0.226. The fourth-order valence-corrected chi connectivity index (χ4v) is 8.42. The van der Waals surface area contributed by atoms with Crippen molar-refractivity contribution in [1.29, 1.82) is 0 Å². The molecule has 1 fully saturated rings. The number of thioether (sulfide) groups is 1. The van der Waals surface area contributed by atoms with Crippen LogP contribution in [0, 0.1) is 0 Å². The van der Waals surface area contributed by atoms with Gasteiger partial charge in [0.05, 0.1) is 32.7 Å². The number of amides is 1. The molecule has 3 aliphatic heterocycles. The van der Waals surface area contributed by atoms with E-state index >= 15 is 0 Å². The number of aromatic nitrogens is 3. The van der Waals surface area contributed by atoms with Crippen molar-refractivity contribution in [3.8, 4) is 0 Å². The molecule has 9 rings (SSSR count). The predicted octanol–water partition coefficient (Wildman–Crippen LogP) is 5.67. The minimum Gasteiger partial charge on any atom is -0.384 e. The molecule has 0 spiro atoms. The van der Waals surface area contributed by atoms with Gasteiger partial charge in [-0.05, 0) is 36.8 Å². The highest BCUT2D eigenvalue weighted by atomic mass is 32.2. The molecule has 3 atom stereocenters. The van der Waals surface area contributed by atoms with E-state index in [1.54, 1.807) is 18.0 Å². The van der Waals surface area contributed by atoms with Gasteiger partial charge in [-0.15, -0.1) is 11.8 Å². The summed E-state index contributed by atoms with van der Waals surface area (Å²) < 4.78 is 11.5. The molecule has 39 heavy (non-hydrogen) atoms. The molecule has 0 aliphatic carbocycles. The summed E-state index contributed by atoms with van der Waals surface area (Å²) in [5, 5.41) is 20.7. The number of ether oxygens (including phenoxy) is 1. The fourth-order valence-electron chi connectivity index (χ4n) is 7.34. The highest BCUT2D eigenvalue weighted by Gasteiger charge is 2.60. The molecule has 2 N–H and O–H groups in total. The third-order valence-corrected chi connectivity index (χ3v) is 10.2. The van der Waals surface area contributed by atoms with Crippen LogP contribution in [0.25, 0.3) is 43.6 Å². The second-order valence-corrected chi connectivity index (χ2v) is 12.0. The SMILES string of the molecule is CC12OC(CC1(O)CSc1ccccn1)n1c3ccccc3c3c4c(c5c6ccccc6n2c5c31)CNC4=O. The molecule has 3 aromatic carbocycles. The van der Waals surface area contributed by atoms with Crippen LogP contribution in [-0.4, -0.2) is 36.5 Å². The first-order chi connectivity index (χ1) is 19.0. The number of rotatable bonds is 3. The third-order valence-electron chi connectivity index (χ3n) is 9.07. The molecule has 3 aromatic heterocycles. The lowest BCUT2D eigenvalue weighted by molar-refractivity contribution is -0.168. The lowest BCUT2D eigenvalue weighted by atomic mass is 9.90.